The first-order valence-electron chi connectivity index (χ1n) is 7.71. The highest BCUT2D eigenvalue weighted by molar-refractivity contribution is 5.95. The van der Waals surface area contributed by atoms with Crippen molar-refractivity contribution in [1.29, 1.82) is 0 Å². The zero-order valence-corrected chi connectivity index (χ0v) is 14.0. The van der Waals surface area contributed by atoms with Crippen LogP contribution in [0.3, 0.4) is 0 Å². The lowest BCUT2D eigenvalue weighted by Crippen LogP contribution is -2.48. The van der Waals surface area contributed by atoms with Gasteiger partial charge < -0.3 is 10.1 Å². The number of non-ortho nitro benzene ring substituents is 1. The van der Waals surface area contributed by atoms with Crippen molar-refractivity contribution >= 4 is 17.7 Å². The van der Waals surface area contributed by atoms with Crippen molar-refractivity contribution in [3.8, 4) is 0 Å². The minimum absolute atomic E-state index is 0.124. The molecule has 1 aromatic rings. The molecule has 0 spiro atoms. The first-order chi connectivity index (χ1) is 11.9. The summed E-state index contributed by atoms with van der Waals surface area (Å²) in [5, 5.41) is 13.7. The van der Waals surface area contributed by atoms with Crippen LogP contribution in [0, 0.1) is 10.1 Å². The lowest BCUT2D eigenvalue weighted by molar-refractivity contribution is -0.384. The van der Waals surface area contributed by atoms with E-state index in [-0.39, 0.29) is 24.4 Å². The summed E-state index contributed by atoms with van der Waals surface area (Å²) >= 11 is 0. The van der Waals surface area contributed by atoms with E-state index in [9.17, 15) is 19.7 Å². The van der Waals surface area contributed by atoms with Crippen LogP contribution < -0.4 is 5.32 Å². The maximum atomic E-state index is 12.4. The Balaban J connectivity index is 2.56. The highest BCUT2D eigenvalue weighted by Gasteiger charge is 2.36. The van der Waals surface area contributed by atoms with Crippen molar-refractivity contribution in [1.82, 2.24) is 10.2 Å². The smallest absolute Gasteiger partial charge is 0.338 e. The number of hydrogen-bond acceptors (Lipinski definition) is 5. The number of carbonyl (C=O) groups is 2. The Kier molecular flexibility index (Phi) is 5.53. The van der Waals surface area contributed by atoms with Gasteiger partial charge in [0.25, 0.3) is 5.69 Å². The van der Waals surface area contributed by atoms with Gasteiger partial charge in [0.2, 0.25) is 0 Å². The van der Waals surface area contributed by atoms with Crippen LogP contribution in [0.2, 0.25) is 0 Å². The van der Waals surface area contributed by atoms with Crippen molar-refractivity contribution in [2.45, 2.75) is 19.9 Å². The summed E-state index contributed by atoms with van der Waals surface area (Å²) < 4.78 is 5.11. The number of nitro groups is 1. The van der Waals surface area contributed by atoms with Crippen LogP contribution in [0.15, 0.2) is 48.2 Å². The molecule has 0 saturated heterocycles. The molecule has 0 bridgehead atoms. The fraction of sp³-hybridized carbons (Fsp3) is 0.294. The number of benzene rings is 1. The van der Waals surface area contributed by atoms with Gasteiger partial charge in [-0.05, 0) is 19.4 Å². The monoisotopic (exact) mass is 345 g/mol. The average Bonchev–Trinajstić information content (AvgIpc) is 2.58. The molecule has 0 saturated carbocycles. The van der Waals surface area contributed by atoms with Gasteiger partial charge in [0.15, 0.2) is 0 Å². The molecule has 1 N–H and O–H groups in total. The Labute approximate surface area is 144 Å². The number of allylic oxidation sites excluding steroid dienone is 1. The Morgan fingerprint density at radius 1 is 1.52 bits per heavy atom. The summed E-state index contributed by atoms with van der Waals surface area (Å²) in [6.45, 7) is 7.32. The zero-order valence-electron chi connectivity index (χ0n) is 14.0. The summed E-state index contributed by atoms with van der Waals surface area (Å²) in [5.41, 5.74) is 0.978. The van der Waals surface area contributed by atoms with Crippen LogP contribution in [0.5, 0.6) is 0 Å². The number of amides is 2. The van der Waals surface area contributed by atoms with E-state index in [4.69, 9.17) is 4.74 Å². The SMILES string of the molecule is C=CCN1C(=O)NC(c2cccc([N+](=O)[O-])c2)C(C(=O)OCC)=C1C. The first-order valence-corrected chi connectivity index (χ1v) is 7.71. The molecular formula is C17H19N3O5. The van der Waals surface area contributed by atoms with E-state index < -0.39 is 23.0 Å². The van der Waals surface area contributed by atoms with Gasteiger partial charge in [-0.25, -0.2) is 9.59 Å². The second-order valence-corrected chi connectivity index (χ2v) is 5.35. The Bertz CT molecular complexity index is 756. The third-order valence-corrected chi connectivity index (χ3v) is 3.82. The molecule has 8 heteroatoms. The van der Waals surface area contributed by atoms with Crippen molar-refractivity contribution in [3.05, 3.63) is 63.9 Å². The molecule has 1 unspecified atom stereocenters. The number of urea groups is 1. The third-order valence-electron chi connectivity index (χ3n) is 3.82. The summed E-state index contributed by atoms with van der Waals surface area (Å²) in [4.78, 5) is 36.7. The van der Waals surface area contributed by atoms with E-state index in [1.54, 1.807) is 26.0 Å². The van der Waals surface area contributed by atoms with E-state index in [1.165, 1.54) is 23.1 Å². The predicted molar refractivity (Wildman–Crippen MR) is 90.6 cm³/mol. The van der Waals surface area contributed by atoms with Gasteiger partial charge in [-0.15, -0.1) is 6.58 Å². The number of nitrogens with zero attached hydrogens (tertiary/aromatic N) is 2. The molecule has 2 rings (SSSR count). The number of rotatable bonds is 6. The summed E-state index contributed by atoms with van der Waals surface area (Å²) in [5.74, 6) is -0.578. The van der Waals surface area contributed by atoms with Crippen LogP contribution in [0.4, 0.5) is 10.5 Å². The normalized spacial score (nSPS) is 17.1. The molecule has 1 atom stereocenters. The second-order valence-electron chi connectivity index (χ2n) is 5.35. The molecule has 0 aliphatic carbocycles. The van der Waals surface area contributed by atoms with Gasteiger partial charge in [-0.2, -0.15) is 0 Å². The van der Waals surface area contributed by atoms with Crippen LogP contribution in [-0.2, 0) is 9.53 Å². The topological polar surface area (TPSA) is 102 Å². The van der Waals surface area contributed by atoms with Crippen LogP contribution in [-0.4, -0.2) is 35.0 Å². The van der Waals surface area contributed by atoms with Crippen molar-refractivity contribution in [3.63, 3.8) is 0 Å². The molecule has 132 valence electrons. The summed E-state index contributed by atoms with van der Waals surface area (Å²) in [6.07, 6.45) is 1.54. The Morgan fingerprint density at radius 2 is 2.24 bits per heavy atom. The second kappa shape index (κ2) is 7.61. The number of ether oxygens (including phenoxy) is 1. The van der Waals surface area contributed by atoms with Crippen molar-refractivity contribution in [2.24, 2.45) is 0 Å². The van der Waals surface area contributed by atoms with E-state index in [0.29, 0.717) is 11.3 Å². The third kappa shape index (κ3) is 3.68. The van der Waals surface area contributed by atoms with Crippen molar-refractivity contribution in [2.75, 3.05) is 13.2 Å². The Hall–Kier alpha value is -3.16. The lowest BCUT2D eigenvalue weighted by atomic mass is 9.94. The van der Waals surface area contributed by atoms with E-state index in [0.717, 1.165) is 0 Å². The molecule has 1 heterocycles. The predicted octanol–water partition coefficient (Wildman–Crippen LogP) is 2.68. The highest BCUT2D eigenvalue weighted by atomic mass is 16.6. The van der Waals surface area contributed by atoms with Gasteiger partial charge in [0.05, 0.1) is 23.1 Å². The number of esters is 1. The maximum Gasteiger partial charge on any atom is 0.338 e. The van der Waals surface area contributed by atoms with E-state index in [2.05, 4.69) is 11.9 Å². The molecule has 2 amide bonds. The average molecular weight is 345 g/mol. The zero-order chi connectivity index (χ0) is 18.6. The molecule has 8 nitrogen and oxygen atoms in total. The van der Waals surface area contributed by atoms with Gasteiger partial charge in [0.1, 0.15) is 0 Å². The highest BCUT2D eigenvalue weighted by Crippen LogP contribution is 2.32. The Morgan fingerprint density at radius 3 is 2.84 bits per heavy atom. The molecule has 0 aromatic heterocycles. The standard InChI is InChI=1S/C17H19N3O5/c1-4-9-19-11(3)14(16(21)25-5-2)15(18-17(19)22)12-7-6-8-13(10-12)20(23)24/h4,6-8,10,15H,1,5,9H2,2-3H3,(H,18,22). The van der Waals surface area contributed by atoms with Crippen molar-refractivity contribution < 1.29 is 19.2 Å². The summed E-state index contributed by atoms with van der Waals surface area (Å²) in [6, 6.07) is 4.57. The first kappa shape index (κ1) is 18.2. The van der Waals surface area contributed by atoms with Gasteiger partial charge in [-0.1, -0.05) is 18.2 Å². The van der Waals surface area contributed by atoms with Crippen LogP contribution >= 0.6 is 0 Å². The molecule has 1 aromatic carbocycles. The molecular weight excluding hydrogens is 326 g/mol. The minimum atomic E-state index is -0.826. The number of nitrogens with one attached hydrogen (secondary N) is 1. The molecule has 1 aliphatic heterocycles. The molecule has 0 radical (unpaired) electrons. The quantitative estimate of drug-likeness (QED) is 0.370. The molecule has 1 aliphatic rings. The fourth-order valence-electron chi connectivity index (χ4n) is 2.67. The number of nitro benzene ring substituents is 1. The number of carbonyl (C=O) groups excluding carboxylic acids is 2. The lowest BCUT2D eigenvalue weighted by Gasteiger charge is -2.34. The molecule has 25 heavy (non-hydrogen) atoms. The molecule has 0 fully saturated rings. The fourth-order valence-corrected chi connectivity index (χ4v) is 2.67. The number of hydrogen-bond donors (Lipinski definition) is 1. The van der Waals surface area contributed by atoms with Crippen LogP contribution in [0.1, 0.15) is 25.5 Å². The van der Waals surface area contributed by atoms with Gasteiger partial charge >= 0.3 is 12.0 Å². The van der Waals surface area contributed by atoms with Gasteiger partial charge in [0, 0.05) is 24.4 Å². The van der Waals surface area contributed by atoms with E-state index in [1.807, 2.05) is 0 Å². The van der Waals surface area contributed by atoms with Crippen LogP contribution in [0.25, 0.3) is 0 Å². The largest absolute Gasteiger partial charge is 0.463 e. The summed E-state index contributed by atoms with van der Waals surface area (Å²) in [7, 11) is 0. The van der Waals surface area contributed by atoms with E-state index >= 15 is 0 Å². The minimum Gasteiger partial charge on any atom is -0.463 e. The maximum absolute atomic E-state index is 12.4. The van der Waals surface area contributed by atoms with Gasteiger partial charge in [-0.3, -0.25) is 15.0 Å².